The maximum atomic E-state index is 4.37. The van der Waals surface area contributed by atoms with Crippen molar-refractivity contribution < 1.29 is 0 Å². The van der Waals surface area contributed by atoms with Crippen LogP contribution in [-0.4, -0.2) is 16.5 Å². The van der Waals surface area contributed by atoms with E-state index in [1.54, 1.807) is 6.33 Å². The number of rotatable bonds is 10. The van der Waals surface area contributed by atoms with Gasteiger partial charge in [0.2, 0.25) is 0 Å². The molecule has 1 unspecified atom stereocenters. The molecule has 1 atom stereocenters. The molecule has 0 saturated heterocycles. The highest BCUT2D eigenvalue weighted by molar-refractivity contribution is 5.04. The Hall–Kier alpha value is -0.960. The lowest BCUT2D eigenvalue weighted by Crippen LogP contribution is -2.23. The van der Waals surface area contributed by atoms with Crippen LogP contribution in [0.25, 0.3) is 0 Å². The summed E-state index contributed by atoms with van der Waals surface area (Å²) in [5.74, 6) is 0. The lowest BCUT2D eigenvalue weighted by Gasteiger charge is -2.17. The minimum atomic E-state index is 0.398. The minimum absolute atomic E-state index is 0.398. The van der Waals surface area contributed by atoms with Crippen molar-refractivity contribution in [3.63, 3.8) is 0 Å². The molecular formula is C15H27N3. The van der Waals surface area contributed by atoms with E-state index in [0.29, 0.717) is 6.04 Å². The molecule has 1 aromatic rings. The molecule has 3 nitrogen and oxygen atoms in total. The van der Waals surface area contributed by atoms with Crippen LogP contribution in [0.3, 0.4) is 0 Å². The molecule has 0 bridgehead atoms. The second-order valence-corrected chi connectivity index (χ2v) is 4.84. The second kappa shape index (κ2) is 10.0. The Balaban J connectivity index is 2.36. The van der Waals surface area contributed by atoms with Crippen LogP contribution in [0.4, 0.5) is 0 Å². The third kappa shape index (κ3) is 6.10. The quantitative estimate of drug-likeness (QED) is 0.639. The molecule has 0 fully saturated rings. The van der Waals surface area contributed by atoms with E-state index in [2.05, 4.69) is 29.1 Å². The molecular weight excluding hydrogens is 222 g/mol. The average molecular weight is 249 g/mol. The first-order chi connectivity index (χ1) is 8.88. The van der Waals surface area contributed by atoms with E-state index in [1.165, 1.54) is 38.5 Å². The van der Waals surface area contributed by atoms with Crippen molar-refractivity contribution in [2.45, 2.75) is 64.8 Å². The smallest absolute Gasteiger partial charge is 0.115 e. The van der Waals surface area contributed by atoms with Gasteiger partial charge in [-0.2, -0.15) is 0 Å². The van der Waals surface area contributed by atoms with Crippen LogP contribution in [0.15, 0.2) is 18.6 Å². The molecule has 0 radical (unpaired) electrons. The van der Waals surface area contributed by atoms with Crippen molar-refractivity contribution in [2.24, 2.45) is 0 Å². The maximum Gasteiger partial charge on any atom is 0.115 e. The molecule has 18 heavy (non-hydrogen) atoms. The molecule has 0 aliphatic carbocycles. The Morgan fingerprint density at radius 3 is 2.61 bits per heavy atom. The van der Waals surface area contributed by atoms with Crippen LogP contribution in [0.5, 0.6) is 0 Å². The fourth-order valence-corrected chi connectivity index (χ4v) is 2.13. The van der Waals surface area contributed by atoms with Crippen molar-refractivity contribution in [3.05, 3.63) is 24.3 Å². The number of aromatic nitrogens is 2. The summed E-state index contributed by atoms with van der Waals surface area (Å²) >= 11 is 0. The lowest BCUT2D eigenvalue weighted by atomic mass is 10.0. The van der Waals surface area contributed by atoms with E-state index in [4.69, 9.17) is 0 Å². The first-order valence-corrected chi connectivity index (χ1v) is 7.37. The first-order valence-electron chi connectivity index (χ1n) is 7.37. The maximum absolute atomic E-state index is 4.37. The zero-order valence-corrected chi connectivity index (χ0v) is 11.9. The van der Waals surface area contributed by atoms with E-state index < -0.39 is 0 Å². The Labute approximate surface area is 111 Å². The number of hydrogen-bond donors (Lipinski definition) is 1. The van der Waals surface area contributed by atoms with Gasteiger partial charge in [0.05, 0.1) is 5.69 Å². The van der Waals surface area contributed by atoms with Crippen LogP contribution in [0.2, 0.25) is 0 Å². The summed E-state index contributed by atoms with van der Waals surface area (Å²) < 4.78 is 0. The number of hydrogen-bond acceptors (Lipinski definition) is 3. The highest BCUT2D eigenvalue weighted by atomic mass is 14.9. The Bertz CT molecular complexity index is 287. The van der Waals surface area contributed by atoms with Gasteiger partial charge in [0.25, 0.3) is 0 Å². The first kappa shape index (κ1) is 15.1. The molecule has 1 heterocycles. The number of nitrogens with one attached hydrogen (secondary N) is 1. The van der Waals surface area contributed by atoms with E-state index in [9.17, 15) is 0 Å². The topological polar surface area (TPSA) is 37.8 Å². The molecule has 0 aliphatic heterocycles. The molecule has 0 aromatic carbocycles. The number of unbranched alkanes of at least 4 members (excludes halogenated alkanes) is 4. The third-order valence-electron chi connectivity index (χ3n) is 3.20. The number of nitrogens with zero attached hydrogens (tertiary/aromatic N) is 2. The third-order valence-corrected chi connectivity index (χ3v) is 3.20. The Kier molecular flexibility index (Phi) is 8.40. The molecule has 1 aromatic heterocycles. The Morgan fingerprint density at radius 2 is 1.94 bits per heavy atom. The predicted octanol–water partition coefficient (Wildman–Crippen LogP) is 3.88. The van der Waals surface area contributed by atoms with E-state index in [0.717, 1.165) is 18.7 Å². The lowest BCUT2D eigenvalue weighted by molar-refractivity contribution is 0.459. The van der Waals surface area contributed by atoms with Crippen molar-refractivity contribution in [3.8, 4) is 0 Å². The van der Waals surface area contributed by atoms with E-state index in [-0.39, 0.29) is 0 Å². The summed E-state index contributed by atoms with van der Waals surface area (Å²) in [4.78, 5) is 8.36. The zero-order chi connectivity index (χ0) is 13.1. The highest BCUT2D eigenvalue weighted by Gasteiger charge is 2.10. The summed E-state index contributed by atoms with van der Waals surface area (Å²) in [7, 11) is 0. The van der Waals surface area contributed by atoms with Crippen LogP contribution in [0.1, 0.15) is 70.5 Å². The van der Waals surface area contributed by atoms with Crippen molar-refractivity contribution in [1.29, 1.82) is 0 Å². The summed E-state index contributed by atoms with van der Waals surface area (Å²) in [6.07, 6.45) is 12.5. The van der Waals surface area contributed by atoms with Crippen molar-refractivity contribution >= 4 is 0 Å². The summed E-state index contributed by atoms with van der Waals surface area (Å²) in [6, 6.07) is 2.42. The van der Waals surface area contributed by atoms with E-state index in [1.807, 2.05) is 12.3 Å². The normalized spacial score (nSPS) is 12.6. The molecule has 0 aliphatic rings. The van der Waals surface area contributed by atoms with Crippen LogP contribution in [-0.2, 0) is 0 Å². The highest BCUT2D eigenvalue weighted by Crippen LogP contribution is 2.18. The molecule has 0 spiro atoms. The fourth-order valence-electron chi connectivity index (χ4n) is 2.13. The summed E-state index contributed by atoms with van der Waals surface area (Å²) in [5, 5.41) is 3.59. The van der Waals surface area contributed by atoms with Gasteiger partial charge < -0.3 is 5.32 Å². The second-order valence-electron chi connectivity index (χ2n) is 4.84. The molecule has 1 rings (SSSR count). The molecule has 3 heteroatoms. The molecule has 0 amide bonds. The molecule has 102 valence electrons. The zero-order valence-electron chi connectivity index (χ0n) is 11.9. The van der Waals surface area contributed by atoms with Gasteiger partial charge in [-0.15, -0.1) is 0 Å². The van der Waals surface area contributed by atoms with Gasteiger partial charge in [-0.05, 0) is 25.5 Å². The average Bonchev–Trinajstić information content (AvgIpc) is 2.43. The summed E-state index contributed by atoms with van der Waals surface area (Å²) in [6.45, 7) is 5.52. The van der Waals surface area contributed by atoms with Crippen LogP contribution in [0, 0.1) is 0 Å². The van der Waals surface area contributed by atoms with Gasteiger partial charge in [-0.3, -0.25) is 0 Å². The SMILES string of the molecule is CCCCCCCC(NCCC)c1ccncn1. The van der Waals surface area contributed by atoms with Gasteiger partial charge in [-0.25, -0.2) is 9.97 Å². The van der Waals surface area contributed by atoms with Crippen LogP contribution >= 0.6 is 0 Å². The minimum Gasteiger partial charge on any atom is -0.309 e. The predicted molar refractivity (Wildman–Crippen MR) is 76.4 cm³/mol. The monoisotopic (exact) mass is 249 g/mol. The molecule has 1 N–H and O–H groups in total. The molecule has 0 saturated carbocycles. The largest absolute Gasteiger partial charge is 0.309 e. The Morgan fingerprint density at radius 1 is 1.11 bits per heavy atom. The van der Waals surface area contributed by atoms with Gasteiger partial charge in [0.15, 0.2) is 0 Å². The van der Waals surface area contributed by atoms with Crippen molar-refractivity contribution in [2.75, 3.05) is 6.54 Å². The van der Waals surface area contributed by atoms with Gasteiger partial charge in [0, 0.05) is 12.2 Å². The summed E-state index contributed by atoms with van der Waals surface area (Å²) in [5.41, 5.74) is 1.13. The van der Waals surface area contributed by atoms with Crippen molar-refractivity contribution in [1.82, 2.24) is 15.3 Å². The fraction of sp³-hybridized carbons (Fsp3) is 0.733. The van der Waals surface area contributed by atoms with Gasteiger partial charge in [-0.1, -0.05) is 46.0 Å². The van der Waals surface area contributed by atoms with Gasteiger partial charge >= 0.3 is 0 Å². The standard InChI is InChI=1S/C15H27N3/c1-3-5-6-7-8-9-14(17-11-4-2)15-10-12-16-13-18-15/h10,12-14,17H,3-9,11H2,1-2H3. The van der Waals surface area contributed by atoms with E-state index >= 15 is 0 Å². The van der Waals surface area contributed by atoms with Crippen LogP contribution < -0.4 is 5.32 Å². The van der Waals surface area contributed by atoms with Gasteiger partial charge in [0.1, 0.15) is 6.33 Å².